The molecule has 0 radical (unpaired) electrons. The average molecular weight is 493 g/mol. The summed E-state index contributed by atoms with van der Waals surface area (Å²) >= 11 is 0. The molecular formula is C27H36N6O3. The first kappa shape index (κ1) is 23.8. The molecule has 9 heteroatoms. The first-order chi connectivity index (χ1) is 17.4. The summed E-state index contributed by atoms with van der Waals surface area (Å²) in [6.45, 7) is 11.3. The fourth-order valence-electron chi connectivity index (χ4n) is 6.07. The Morgan fingerprint density at radius 1 is 1.00 bits per heavy atom. The molecule has 5 heterocycles. The van der Waals surface area contributed by atoms with Crippen molar-refractivity contribution in [1.29, 1.82) is 0 Å². The quantitative estimate of drug-likeness (QED) is 0.595. The summed E-state index contributed by atoms with van der Waals surface area (Å²) in [6.07, 6.45) is 5.43. The van der Waals surface area contributed by atoms with Crippen LogP contribution in [0.25, 0.3) is 16.7 Å². The number of hydrogen-bond donors (Lipinski definition) is 1. The third kappa shape index (κ3) is 4.61. The van der Waals surface area contributed by atoms with Crippen LogP contribution in [0, 0.1) is 13.8 Å². The van der Waals surface area contributed by atoms with E-state index >= 15 is 0 Å². The van der Waals surface area contributed by atoms with Crippen LogP contribution >= 0.6 is 0 Å². The van der Waals surface area contributed by atoms with Gasteiger partial charge in [-0.25, -0.2) is 14.6 Å². The Hall–Kier alpha value is -2.59. The summed E-state index contributed by atoms with van der Waals surface area (Å²) < 4.78 is 13.0. The van der Waals surface area contributed by atoms with Crippen molar-refractivity contribution in [2.24, 2.45) is 0 Å². The van der Waals surface area contributed by atoms with Crippen molar-refractivity contribution in [2.75, 3.05) is 50.9 Å². The third-order valence-corrected chi connectivity index (χ3v) is 7.96. The van der Waals surface area contributed by atoms with E-state index in [-0.39, 0.29) is 0 Å². The molecule has 1 unspecified atom stereocenters. The monoisotopic (exact) mass is 492 g/mol. The van der Waals surface area contributed by atoms with Crippen LogP contribution in [0.3, 0.4) is 0 Å². The molecule has 2 atom stereocenters. The highest BCUT2D eigenvalue weighted by Crippen LogP contribution is 2.34. The lowest BCUT2D eigenvalue weighted by atomic mass is 9.86. The number of β-amino-alcohol motifs (C(OH)–C–C–N with tert-alkyl or cyclic N) is 1. The van der Waals surface area contributed by atoms with Crippen molar-refractivity contribution in [3.63, 3.8) is 0 Å². The Balaban J connectivity index is 1.29. The molecule has 0 saturated carbocycles. The fraction of sp³-hybridized carbons (Fsp3) is 0.593. The van der Waals surface area contributed by atoms with Crippen molar-refractivity contribution in [3.05, 3.63) is 41.3 Å². The summed E-state index contributed by atoms with van der Waals surface area (Å²) in [5.41, 5.74) is 3.82. The van der Waals surface area contributed by atoms with Gasteiger partial charge in [-0.2, -0.15) is 5.10 Å². The topological polar surface area (TPSA) is 88.8 Å². The number of benzene rings is 1. The molecule has 3 aromatic rings. The zero-order valence-electron chi connectivity index (χ0n) is 21.5. The van der Waals surface area contributed by atoms with Crippen molar-refractivity contribution >= 4 is 16.7 Å². The zero-order chi connectivity index (χ0) is 24.9. The lowest BCUT2D eigenvalue weighted by molar-refractivity contribution is -0.193. The first-order valence-electron chi connectivity index (χ1n) is 13.1. The van der Waals surface area contributed by atoms with Crippen LogP contribution in [0.5, 0.6) is 0 Å². The molecule has 1 N–H and O–H groups in total. The maximum Gasteiger partial charge on any atom is 0.180 e. The van der Waals surface area contributed by atoms with Crippen LogP contribution in [-0.4, -0.2) is 87.6 Å². The Kier molecular flexibility index (Phi) is 6.19. The lowest BCUT2D eigenvalue weighted by Gasteiger charge is -2.37. The van der Waals surface area contributed by atoms with Gasteiger partial charge in [-0.15, -0.1) is 0 Å². The minimum absolute atomic E-state index is 0.359. The van der Waals surface area contributed by atoms with Gasteiger partial charge < -0.3 is 19.5 Å². The largest absolute Gasteiger partial charge is 0.380 e. The van der Waals surface area contributed by atoms with Crippen LogP contribution in [-0.2, 0) is 9.47 Å². The minimum atomic E-state index is -1.19. The van der Waals surface area contributed by atoms with Gasteiger partial charge in [0.2, 0.25) is 0 Å². The van der Waals surface area contributed by atoms with Crippen molar-refractivity contribution in [2.45, 2.75) is 57.8 Å². The fourth-order valence-corrected chi connectivity index (χ4v) is 6.07. The molecule has 9 nitrogen and oxygen atoms in total. The third-order valence-electron chi connectivity index (χ3n) is 7.96. The number of rotatable bonds is 4. The van der Waals surface area contributed by atoms with E-state index < -0.39 is 5.79 Å². The van der Waals surface area contributed by atoms with Gasteiger partial charge in [-0.05, 0) is 82.3 Å². The number of piperidine rings is 1. The summed E-state index contributed by atoms with van der Waals surface area (Å²) in [4.78, 5) is 14.0. The van der Waals surface area contributed by atoms with Crippen LogP contribution < -0.4 is 4.90 Å². The van der Waals surface area contributed by atoms with E-state index in [1.54, 1.807) is 6.92 Å². The van der Waals surface area contributed by atoms with E-state index in [4.69, 9.17) is 19.6 Å². The van der Waals surface area contributed by atoms with Gasteiger partial charge in [-0.1, -0.05) is 0 Å². The van der Waals surface area contributed by atoms with Crippen molar-refractivity contribution in [1.82, 2.24) is 24.6 Å². The zero-order valence-corrected chi connectivity index (χ0v) is 21.5. The van der Waals surface area contributed by atoms with Gasteiger partial charge in [0.25, 0.3) is 0 Å². The maximum absolute atomic E-state index is 10.4. The maximum atomic E-state index is 10.4. The number of aliphatic hydroxyl groups is 1. The predicted octanol–water partition coefficient (Wildman–Crippen LogP) is 2.95. The number of morpholine rings is 1. The second-order valence-electron chi connectivity index (χ2n) is 10.7. The number of fused-ring (bicyclic) bond motifs is 1. The number of nitrogens with zero attached hydrogens (tertiary/aromatic N) is 6. The van der Waals surface area contributed by atoms with Gasteiger partial charge in [0, 0.05) is 30.6 Å². The Morgan fingerprint density at radius 2 is 1.81 bits per heavy atom. The molecule has 0 amide bonds. The molecule has 0 spiro atoms. The summed E-state index contributed by atoms with van der Waals surface area (Å²) in [6, 6.07) is 7.15. The van der Waals surface area contributed by atoms with E-state index in [1.165, 1.54) is 24.0 Å². The number of likely N-dealkylation sites (tertiary alicyclic amines) is 1. The minimum Gasteiger partial charge on any atom is -0.380 e. The van der Waals surface area contributed by atoms with E-state index in [1.807, 2.05) is 28.8 Å². The van der Waals surface area contributed by atoms with Crippen LogP contribution in [0.2, 0.25) is 0 Å². The molecule has 3 aliphatic heterocycles. The van der Waals surface area contributed by atoms with E-state index in [0.717, 1.165) is 55.3 Å². The molecule has 0 aliphatic carbocycles. The molecule has 3 saturated heterocycles. The van der Waals surface area contributed by atoms with Gasteiger partial charge in [0.1, 0.15) is 11.6 Å². The standard InChI is InChI=1S/C27H36N6O3/c1-18-12-21-15-28-33(26-14-25(29-19(2)30-26)32-9-11-36-27(3,34)17-32)24(21)13-23(18)20-4-7-31(8-5-20)22-6-10-35-16-22/h12-15,20,22,34H,4-11,16-17H2,1-3H3/t22?,27-/m1/s1. The van der Waals surface area contributed by atoms with E-state index in [0.29, 0.717) is 37.5 Å². The summed E-state index contributed by atoms with van der Waals surface area (Å²) in [5.74, 6) is 1.55. The predicted molar refractivity (Wildman–Crippen MR) is 138 cm³/mol. The number of hydrogen-bond acceptors (Lipinski definition) is 8. The van der Waals surface area contributed by atoms with Crippen LogP contribution in [0.15, 0.2) is 24.4 Å². The molecule has 36 heavy (non-hydrogen) atoms. The highest BCUT2D eigenvalue weighted by molar-refractivity contribution is 5.82. The van der Waals surface area contributed by atoms with E-state index in [2.05, 4.69) is 28.9 Å². The molecule has 6 rings (SSSR count). The lowest BCUT2D eigenvalue weighted by Crippen LogP contribution is -2.50. The molecular weight excluding hydrogens is 456 g/mol. The average Bonchev–Trinajstić information content (AvgIpc) is 3.53. The van der Waals surface area contributed by atoms with Gasteiger partial charge in [0.05, 0.1) is 31.5 Å². The second-order valence-corrected chi connectivity index (χ2v) is 10.7. The van der Waals surface area contributed by atoms with Crippen LogP contribution in [0.4, 0.5) is 5.82 Å². The summed E-state index contributed by atoms with van der Waals surface area (Å²) in [7, 11) is 0. The number of anilines is 1. The normalized spacial score (nSPS) is 26.2. The highest BCUT2D eigenvalue weighted by Gasteiger charge is 2.31. The molecule has 2 aromatic heterocycles. The Labute approximate surface area is 212 Å². The molecule has 1 aromatic carbocycles. The highest BCUT2D eigenvalue weighted by atomic mass is 16.6. The van der Waals surface area contributed by atoms with Gasteiger partial charge in [-0.3, -0.25) is 4.90 Å². The number of ether oxygens (including phenoxy) is 2. The van der Waals surface area contributed by atoms with Crippen molar-refractivity contribution in [3.8, 4) is 5.82 Å². The smallest absolute Gasteiger partial charge is 0.180 e. The second kappa shape index (κ2) is 9.37. The Bertz CT molecular complexity index is 1240. The number of aromatic nitrogens is 4. The molecule has 3 aliphatic rings. The molecule has 3 fully saturated rings. The number of aryl methyl sites for hydroxylation is 2. The van der Waals surface area contributed by atoms with Gasteiger partial charge in [0.15, 0.2) is 11.6 Å². The SMILES string of the molecule is Cc1nc(N2CCO[C@@](C)(O)C2)cc(-n2ncc3cc(C)c(C4CCN(C5CCOC5)CC4)cc32)n1. The Morgan fingerprint density at radius 3 is 2.56 bits per heavy atom. The molecule has 192 valence electrons. The van der Waals surface area contributed by atoms with E-state index in [9.17, 15) is 5.11 Å². The van der Waals surface area contributed by atoms with Crippen LogP contribution in [0.1, 0.15) is 49.1 Å². The summed E-state index contributed by atoms with van der Waals surface area (Å²) in [5, 5.41) is 16.2. The molecule has 0 bridgehead atoms. The van der Waals surface area contributed by atoms with Gasteiger partial charge >= 0.3 is 0 Å². The van der Waals surface area contributed by atoms with Crippen molar-refractivity contribution < 1.29 is 14.6 Å². The first-order valence-corrected chi connectivity index (χ1v) is 13.1.